The Morgan fingerprint density at radius 2 is 1.97 bits per heavy atom. The van der Waals surface area contributed by atoms with Gasteiger partial charge in [-0.05, 0) is 49.2 Å². The molecule has 10 heteroatoms. The number of imidazole rings is 1. The van der Waals surface area contributed by atoms with Crippen LogP contribution in [0.25, 0.3) is 44.6 Å². The van der Waals surface area contributed by atoms with Crippen molar-refractivity contribution in [2.75, 3.05) is 13.1 Å². The van der Waals surface area contributed by atoms with E-state index < -0.39 is 6.36 Å². The molecule has 5 aromatic rings. The second-order valence-corrected chi connectivity index (χ2v) is 8.59. The van der Waals surface area contributed by atoms with E-state index in [9.17, 15) is 13.2 Å². The molecule has 0 spiro atoms. The summed E-state index contributed by atoms with van der Waals surface area (Å²) < 4.78 is 44.2. The van der Waals surface area contributed by atoms with Gasteiger partial charge >= 0.3 is 6.36 Å². The first-order chi connectivity index (χ1) is 16.9. The molecule has 1 atom stereocenters. The zero-order valence-corrected chi connectivity index (χ0v) is 18.5. The van der Waals surface area contributed by atoms with Gasteiger partial charge in [-0.1, -0.05) is 18.2 Å². The number of aromatic nitrogens is 5. The van der Waals surface area contributed by atoms with Gasteiger partial charge in [-0.15, -0.1) is 13.2 Å². The molecule has 2 aromatic carbocycles. The third-order valence-corrected chi connectivity index (χ3v) is 6.29. The summed E-state index contributed by atoms with van der Waals surface area (Å²) in [4.78, 5) is 16.9. The van der Waals surface area contributed by atoms with Crippen molar-refractivity contribution in [3.8, 4) is 28.1 Å². The Morgan fingerprint density at radius 3 is 2.80 bits per heavy atom. The molecule has 178 valence electrons. The van der Waals surface area contributed by atoms with E-state index in [0.717, 1.165) is 48.1 Å². The predicted octanol–water partition coefficient (Wildman–Crippen LogP) is 5.46. The summed E-state index contributed by atoms with van der Waals surface area (Å²) in [5, 5.41) is 3.45. The van der Waals surface area contributed by atoms with Crippen LogP contribution in [0.2, 0.25) is 0 Å². The smallest absolute Gasteiger partial charge is 0.406 e. The summed E-state index contributed by atoms with van der Waals surface area (Å²) in [6.07, 6.45) is 2.74. The first-order valence-electron chi connectivity index (χ1n) is 11.3. The van der Waals surface area contributed by atoms with E-state index in [1.165, 1.54) is 24.4 Å². The standard InChI is InChI=1S/C25H21F3N6O/c26-25(27,28)35-18-5-1-3-16(9-18)21-13-31-24-23(33-21)19(12-30-24)15-6-7-20-22(10-15)34(14-32-20)17-4-2-8-29-11-17/h1,3,5-7,9-10,12-14,17,29H,2,4,8,11H2,(H,30,31). The lowest BCUT2D eigenvalue weighted by Gasteiger charge is -2.24. The molecule has 1 aliphatic heterocycles. The molecule has 1 aliphatic rings. The molecule has 7 nitrogen and oxygen atoms in total. The number of fused-ring (bicyclic) bond motifs is 2. The Hall–Kier alpha value is -3.92. The number of benzene rings is 2. The maximum absolute atomic E-state index is 12.7. The number of H-pyrrole nitrogens is 1. The number of nitrogens with zero attached hydrogens (tertiary/aromatic N) is 4. The maximum Gasteiger partial charge on any atom is 0.573 e. The van der Waals surface area contributed by atoms with Crippen LogP contribution >= 0.6 is 0 Å². The van der Waals surface area contributed by atoms with Crippen molar-refractivity contribution < 1.29 is 17.9 Å². The summed E-state index contributed by atoms with van der Waals surface area (Å²) in [6.45, 7) is 1.95. The van der Waals surface area contributed by atoms with Crippen molar-refractivity contribution >= 4 is 22.2 Å². The molecular formula is C25H21F3N6O. The second-order valence-electron chi connectivity index (χ2n) is 8.59. The molecule has 35 heavy (non-hydrogen) atoms. The Balaban J connectivity index is 1.40. The molecule has 2 N–H and O–H groups in total. The SMILES string of the molecule is FC(F)(F)Oc1cccc(-c2cnc3[nH]cc(-c4ccc5ncn(C6CCCNC6)c5c4)c3n2)c1. The molecule has 1 saturated heterocycles. The van der Waals surface area contributed by atoms with E-state index in [-0.39, 0.29) is 5.75 Å². The molecule has 0 saturated carbocycles. The van der Waals surface area contributed by atoms with Crippen LogP contribution in [-0.4, -0.2) is 44.0 Å². The molecule has 1 unspecified atom stereocenters. The van der Waals surface area contributed by atoms with Crippen LogP contribution in [0.1, 0.15) is 18.9 Å². The molecule has 1 fully saturated rings. The van der Waals surface area contributed by atoms with Gasteiger partial charge in [-0.3, -0.25) is 0 Å². The molecule has 4 heterocycles. The van der Waals surface area contributed by atoms with Crippen LogP contribution in [0.3, 0.4) is 0 Å². The highest BCUT2D eigenvalue weighted by molar-refractivity contribution is 5.94. The summed E-state index contributed by atoms with van der Waals surface area (Å²) in [5.74, 6) is -0.304. The van der Waals surface area contributed by atoms with E-state index >= 15 is 0 Å². The van der Waals surface area contributed by atoms with Gasteiger partial charge in [-0.25, -0.2) is 15.0 Å². The predicted molar refractivity (Wildman–Crippen MR) is 126 cm³/mol. The Bertz CT molecular complexity index is 1520. The van der Waals surface area contributed by atoms with E-state index in [4.69, 9.17) is 4.98 Å². The number of alkyl halides is 3. The van der Waals surface area contributed by atoms with Gasteiger partial charge in [0.05, 0.1) is 29.3 Å². The number of ether oxygens (including phenoxy) is 1. The lowest BCUT2D eigenvalue weighted by Crippen LogP contribution is -2.31. The van der Waals surface area contributed by atoms with Crippen molar-refractivity contribution in [1.29, 1.82) is 0 Å². The second kappa shape index (κ2) is 8.38. The Morgan fingerprint density at radius 1 is 1.06 bits per heavy atom. The van der Waals surface area contributed by atoms with E-state index in [2.05, 4.69) is 35.6 Å². The third kappa shape index (κ3) is 4.21. The van der Waals surface area contributed by atoms with E-state index in [1.807, 2.05) is 24.7 Å². The highest BCUT2D eigenvalue weighted by Gasteiger charge is 2.31. The topological polar surface area (TPSA) is 80.6 Å². The molecule has 0 amide bonds. The lowest BCUT2D eigenvalue weighted by atomic mass is 10.1. The molecule has 0 bridgehead atoms. The van der Waals surface area contributed by atoms with Gasteiger partial charge in [0.2, 0.25) is 0 Å². The summed E-state index contributed by atoms with van der Waals surface area (Å²) >= 11 is 0. The van der Waals surface area contributed by atoms with Crippen LogP contribution < -0.4 is 10.1 Å². The van der Waals surface area contributed by atoms with Crippen LogP contribution in [0.15, 0.2) is 61.2 Å². The average molecular weight is 478 g/mol. The lowest BCUT2D eigenvalue weighted by molar-refractivity contribution is -0.274. The van der Waals surface area contributed by atoms with Crippen LogP contribution in [-0.2, 0) is 0 Å². The van der Waals surface area contributed by atoms with Gasteiger partial charge in [-0.2, -0.15) is 0 Å². The zero-order valence-electron chi connectivity index (χ0n) is 18.5. The van der Waals surface area contributed by atoms with Crippen LogP contribution in [0.5, 0.6) is 5.75 Å². The normalized spacial score (nSPS) is 16.7. The number of rotatable bonds is 4. The fraction of sp³-hybridized carbons (Fsp3) is 0.240. The van der Waals surface area contributed by atoms with Crippen LogP contribution in [0.4, 0.5) is 13.2 Å². The number of halogens is 3. The Kier molecular flexibility index (Phi) is 5.18. The number of piperidine rings is 1. The minimum absolute atomic E-state index is 0.304. The van der Waals surface area contributed by atoms with Crippen molar-refractivity contribution in [2.45, 2.75) is 25.2 Å². The minimum Gasteiger partial charge on any atom is -0.406 e. The number of nitrogens with one attached hydrogen (secondary N) is 2. The van der Waals surface area contributed by atoms with Gasteiger partial charge < -0.3 is 19.6 Å². The van der Waals surface area contributed by atoms with E-state index in [1.54, 1.807) is 6.07 Å². The maximum atomic E-state index is 12.7. The quantitative estimate of drug-likeness (QED) is 0.358. The third-order valence-electron chi connectivity index (χ3n) is 6.29. The number of aromatic amines is 1. The molecule has 3 aromatic heterocycles. The number of hydrogen-bond donors (Lipinski definition) is 2. The number of hydrogen-bond acceptors (Lipinski definition) is 5. The van der Waals surface area contributed by atoms with Crippen molar-refractivity contribution in [1.82, 2.24) is 29.8 Å². The fourth-order valence-electron chi connectivity index (χ4n) is 4.66. The van der Waals surface area contributed by atoms with Gasteiger partial charge in [0.15, 0.2) is 5.65 Å². The fourth-order valence-corrected chi connectivity index (χ4v) is 4.66. The molecule has 0 radical (unpaired) electrons. The van der Waals surface area contributed by atoms with E-state index in [0.29, 0.717) is 28.5 Å². The molecular weight excluding hydrogens is 457 g/mol. The zero-order chi connectivity index (χ0) is 24.0. The first kappa shape index (κ1) is 21.6. The average Bonchev–Trinajstić information content (AvgIpc) is 3.47. The first-order valence-corrected chi connectivity index (χ1v) is 11.3. The van der Waals surface area contributed by atoms with Crippen LogP contribution in [0, 0.1) is 0 Å². The highest BCUT2D eigenvalue weighted by Crippen LogP contribution is 2.33. The Labute approximate surface area is 198 Å². The summed E-state index contributed by atoms with van der Waals surface area (Å²) in [6, 6.07) is 12.2. The molecule has 6 rings (SSSR count). The minimum atomic E-state index is -4.76. The summed E-state index contributed by atoms with van der Waals surface area (Å²) in [7, 11) is 0. The largest absolute Gasteiger partial charge is 0.573 e. The summed E-state index contributed by atoms with van der Waals surface area (Å²) in [5.41, 5.74) is 5.94. The van der Waals surface area contributed by atoms with Crippen molar-refractivity contribution in [3.05, 3.63) is 61.2 Å². The van der Waals surface area contributed by atoms with Crippen molar-refractivity contribution in [2.24, 2.45) is 0 Å². The highest BCUT2D eigenvalue weighted by atomic mass is 19.4. The van der Waals surface area contributed by atoms with Gasteiger partial charge in [0.25, 0.3) is 0 Å². The van der Waals surface area contributed by atoms with Crippen molar-refractivity contribution in [3.63, 3.8) is 0 Å². The molecule has 0 aliphatic carbocycles. The van der Waals surface area contributed by atoms with Gasteiger partial charge in [0, 0.05) is 29.9 Å². The van der Waals surface area contributed by atoms with Gasteiger partial charge in [0.1, 0.15) is 11.3 Å². The monoisotopic (exact) mass is 478 g/mol.